The second-order valence-corrected chi connectivity index (χ2v) is 4.72. The zero-order chi connectivity index (χ0) is 10.1. The van der Waals surface area contributed by atoms with Gasteiger partial charge in [-0.3, -0.25) is 0 Å². The van der Waals surface area contributed by atoms with Crippen molar-refractivity contribution in [2.24, 2.45) is 0 Å². The fourth-order valence-electron chi connectivity index (χ4n) is 1.68. The van der Waals surface area contributed by atoms with E-state index in [0.717, 1.165) is 10.7 Å². The third kappa shape index (κ3) is 1.60. The predicted octanol–water partition coefficient (Wildman–Crippen LogP) is 3.17. The third-order valence-electron chi connectivity index (χ3n) is 2.39. The summed E-state index contributed by atoms with van der Waals surface area (Å²) >= 11 is 1.79. The SMILES string of the molecule is Cc1nc(C)c(C(C)n2cccc2)s1. The summed E-state index contributed by atoms with van der Waals surface area (Å²) in [6.07, 6.45) is 4.19. The minimum atomic E-state index is 0.399. The van der Waals surface area contributed by atoms with Crippen molar-refractivity contribution in [2.45, 2.75) is 26.8 Å². The first kappa shape index (κ1) is 9.46. The van der Waals surface area contributed by atoms with E-state index < -0.39 is 0 Å². The molecule has 2 aromatic heterocycles. The summed E-state index contributed by atoms with van der Waals surface area (Å²) in [4.78, 5) is 5.81. The molecule has 0 saturated heterocycles. The lowest BCUT2D eigenvalue weighted by atomic mass is 10.2. The van der Waals surface area contributed by atoms with Crippen LogP contribution in [0.1, 0.15) is 28.5 Å². The summed E-state index contributed by atoms with van der Waals surface area (Å²) in [5.41, 5.74) is 1.16. The lowest BCUT2D eigenvalue weighted by Gasteiger charge is -2.11. The number of thiazole rings is 1. The van der Waals surface area contributed by atoms with Gasteiger partial charge in [-0.1, -0.05) is 0 Å². The molecule has 0 saturated carbocycles. The van der Waals surface area contributed by atoms with E-state index in [1.807, 2.05) is 0 Å². The van der Waals surface area contributed by atoms with Crippen LogP contribution in [-0.4, -0.2) is 9.55 Å². The van der Waals surface area contributed by atoms with Gasteiger partial charge in [0.1, 0.15) is 0 Å². The van der Waals surface area contributed by atoms with Gasteiger partial charge in [-0.25, -0.2) is 4.98 Å². The highest BCUT2D eigenvalue weighted by Crippen LogP contribution is 2.27. The molecule has 0 aliphatic carbocycles. The number of nitrogens with zero attached hydrogens (tertiary/aromatic N) is 2. The molecule has 0 aromatic carbocycles. The summed E-state index contributed by atoms with van der Waals surface area (Å²) in [6, 6.07) is 4.51. The van der Waals surface area contributed by atoms with E-state index in [-0.39, 0.29) is 0 Å². The Morgan fingerprint density at radius 1 is 1.29 bits per heavy atom. The minimum absolute atomic E-state index is 0.399. The average molecular weight is 206 g/mol. The fourth-order valence-corrected chi connectivity index (χ4v) is 2.66. The van der Waals surface area contributed by atoms with Crippen molar-refractivity contribution in [2.75, 3.05) is 0 Å². The molecule has 0 amide bonds. The Bertz CT molecular complexity index is 414. The molecule has 0 radical (unpaired) electrons. The quantitative estimate of drug-likeness (QED) is 0.738. The van der Waals surface area contributed by atoms with Gasteiger partial charge in [0.25, 0.3) is 0 Å². The molecule has 0 N–H and O–H groups in total. The van der Waals surface area contributed by atoms with E-state index in [1.165, 1.54) is 4.88 Å². The van der Waals surface area contributed by atoms with Crippen LogP contribution in [0.4, 0.5) is 0 Å². The molecule has 2 aromatic rings. The van der Waals surface area contributed by atoms with Crippen molar-refractivity contribution in [3.63, 3.8) is 0 Å². The van der Waals surface area contributed by atoms with Crippen molar-refractivity contribution in [3.05, 3.63) is 40.1 Å². The van der Waals surface area contributed by atoms with E-state index in [2.05, 4.69) is 54.8 Å². The van der Waals surface area contributed by atoms with Gasteiger partial charge in [-0.2, -0.15) is 0 Å². The maximum absolute atomic E-state index is 4.45. The molecule has 2 rings (SSSR count). The second kappa shape index (κ2) is 3.58. The maximum atomic E-state index is 4.45. The van der Waals surface area contributed by atoms with Gasteiger partial charge in [0, 0.05) is 12.4 Å². The van der Waals surface area contributed by atoms with E-state index in [9.17, 15) is 0 Å². The van der Waals surface area contributed by atoms with Crippen LogP contribution in [0.2, 0.25) is 0 Å². The molecule has 0 bridgehead atoms. The topological polar surface area (TPSA) is 17.8 Å². The Hall–Kier alpha value is -1.09. The summed E-state index contributed by atoms with van der Waals surface area (Å²) in [5.74, 6) is 0. The van der Waals surface area contributed by atoms with Crippen molar-refractivity contribution >= 4 is 11.3 Å². The van der Waals surface area contributed by atoms with Crippen LogP contribution in [0.25, 0.3) is 0 Å². The van der Waals surface area contributed by atoms with Crippen molar-refractivity contribution < 1.29 is 0 Å². The maximum Gasteiger partial charge on any atom is 0.0900 e. The molecule has 0 spiro atoms. The van der Waals surface area contributed by atoms with Gasteiger partial charge in [0.05, 0.1) is 21.6 Å². The van der Waals surface area contributed by atoms with E-state index in [4.69, 9.17) is 0 Å². The Morgan fingerprint density at radius 3 is 2.43 bits per heavy atom. The Labute approximate surface area is 88.2 Å². The normalized spacial score (nSPS) is 13.1. The first-order valence-corrected chi connectivity index (χ1v) is 5.56. The second-order valence-electron chi connectivity index (χ2n) is 3.49. The molecule has 0 fully saturated rings. The standard InChI is InChI=1S/C11H14N2S/c1-8-11(14-10(3)12-8)9(2)13-6-4-5-7-13/h4-7,9H,1-3H3. The molecule has 14 heavy (non-hydrogen) atoms. The molecule has 1 unspecified atom stereocenters. The Morgan fingerprint density at radius 2 is 1.93 bits per heavy atom. The highest BCUT2D eigenvalue weighted by atomic mass is 32.1. The monoisotopic (exact) mass is 206 g/mol. The minimum Gasteiger partial charge on any atom is -0.346 e. The summed E-state index contributed by atoms with van der Waals surface area (Å²) < 4.78 is 2.21. The van der Waals surface area contributed by atoms with Crippen LogP contribution >= 0.6 is 11.3 Å². The van der Waals surface area contributed by atoms with Gasteiger partial charge in [-0.05, 0) is 32.9 Å². The van der Waals surface area contributed by atoms with Crippen LogP contribution in [0.15, 0.2) is 24.5 Å². The van der Waals surface area contributed by atoms with E-state index in [0.29, 0.717) is 6.04 Å². The largest absolute Gasteiger partial charge is 0.346 e. The first-order chi connectivity index (χ1) is 6.68. The van der Waals surface area contributed by atoms with Crippen LogP contribution in [0, 0.1) is 13.8 Å². The van der Waals surface area contributed by atoms with Crippen molar-refractivity contribution in [1.82, 2.24) is 9.55 Å². The number of hydrogen-bond acceptors (Lipinski definition) is 2. The molecular weight excluding hydrogens is 192 g/mol. The molecule has 3 heteroatoms. The molecule has 2 heterocycles. The molecular formula is C11H14N2S. The first-order valence-electron chi connectivity index (χ1n) is 4.75. The van der Waals surface area contributed by atoms with Crippen molar-refractivity contribution in [1.29, 1.82) is 0 Å². The van der Waals surface area contributed by atoms with Gasteiger partial charge in [0.2, 0.25) is 0 Å². The summed E-state index contributed by atoms with van der Waals surface area (Å²) in [6.45, 7) is 6.35. The lowest BCUT2D eigenvalue weighted by molar-refractivity contribution is 0.649. The Balaban J connectivity index is 2.36. The number of hydrogen-bond donors (Lipinski definition) is 0. The predicted molar refractivity (Wildman–Crippen MR) is 59.8 cm³/mol. The lowest BCUT2D eigenvalue weighted by Crippen LogP contribution is -2.03. The van der Waals surface area contributed by atoms with Crippen LogP contribution in [-0.2, 0) is 0 Å². The number of aromatic nitrogens is 2. The molecule has 2 nitrogen and oxygen atoms in total. The Kier molecular flexibility index (Phi) is 2.42. The molecule has 74 valence electrons. The van der Waals surface area contributed by atoms with E-state index in [1.54, 1.807) is 11.3 Å². The van der Waals surface area contributed by atoms with Gasteiger partial charge < -0.3 is 4.57 Å². The summed E-state index contributed by atoms with van der Waals surface area (Å²) in [7, 11) is 0. The van der Waals surface area contributed by atoms with Gasteiger partial charge >= 0.3 is 0 Å². The van der Waals surface area contributed by atoms with Crippen LogP contribution in [0.3, 0.4) is 0 Å². The number of rotatable bonds is 2. The zero-order valence-corrected chi connectivity index (χ0v) is 9.51. The van der Waals surface area contributed by atoms with Crippen molar-refractivity contribution in [3.8, 4) is 0 Å². The average Bonchev–Trinajstić information content (AvgIpc) is 2.73. The third-order valence-corrected chi connectivity index (χ3v) is 3.64. The summed E-state index contributed by atoms with van der Waals surface area (Å²) in [5, 5.41) is 1.15. The molecule has 0 aliphatic heterocycles. The van der Waals surface area contributed by atoms with Gasteiger partial charge in [-0.15, -0.1) is 11.3 Å². The van der Waals surface area contributed by atoms with E-state index >= 15 is 0 Å². The highest BCUT2D eigenvalue weighted by molar-refractivity contribution is 7.11. The smallest absolute Gasteiger partial charge is 0.0900 e. The molecule has 1 atom stereocenters. The highest BCUT2D eigenvalue weighted by Gasteiger charge is 2.13. The number of aryl methyl sites for hydroxylation is 2. The molecule has 0 aliphatic rings. The van der Waals surface area contributed by atoms with Crippen LogP contribution < -0.4 is 0 Å². The fraction of sp³-hybridized carbons (Fsp3) is 0.364. The van der Waals surface area contributed by atoms with Gasteiger partial charge in [0.15, 0.2) is 0 Å². The zero-order valence-electron chi connectivity index (χ0n) is 8.69. The van der Waals surface area contributed by atoms with Crippen LogP contribution in [0.5, 0.6) is 0 Å².